The van der Waals surface area contributed by atoms with Crippen LogP contribution in [0.2, 0.25) is 0 Å². The molecule has 1 unspecified atom stereocenters. The lowest BCUT2D eigenvalue weighted by Crippen LogP contribution is -2.32. The summed E-state index contributed by atoms with van der Waals surface area (Å²) in [5.74, 6) is -0.389. The Hall–Kier alpha value is -2.18. The van der Waals surface area contributed by atoms with Gasteiger partial charge in [0.15, 0.2) is 0 Å². The van der Waals surface area contributed by atoms with Gasteiger partial charge in [0, 0.05) is 12.1 Å². The molecule has 2 rings (SSSR count). The SMILES string of the molecule is CC1(C)CCCC(Nc2ncc([N+](=O)[O-])cc2C(N)=O)C1. The summed E-state index contributed by atoms with van der Waals surface area (Å²) in [6.45, 7) is 4.41. The number of rotatable bonds is 4. The van der Waals surface area contributed by atoms with Crippen LogP contribution >= 0.6 is 0 Å². The first-order valence-electron chi connectivity index (χ1n) is 6.99. The van der Waals surface area contributed by atoms with E-state index in [1.54, 1.807) is 0 Å². The number of hydrogen-bond donors (Lipinski definition) is 2. The lowest BCUT2D eigenvalue weighted by Gasteiger charge is -2.35. The fourth-order valence-electron chi connectivity index (χ4n) is 2.87. The van der Waals surface area contributed by atoms with Crippen molar-refractivity contribution in [1.29, 1.82) is 0 Å². The summed E-state index contributed by atoms with van der Waals surface area (Å²) in [6.07, 6.45) is 5.36. The van der Waals surface area contributed by atoms with Gasteiger partial charge in [-0.15, -0.1) is 0 Å². The van der Waals surface area contributed by atoms with Crippen LogP contribution in [0.25, 0.3) is 0 Å². The molecule has 3 N–H and O–H groups in total. The minimum Gasteiger partial charge on any atom is -0.367 e. The number of primary amides is 1. The van der Waals surface area contributed by atoms with Gasteiger partial charge in [-0.05, 0) is 24.7 Å². The van der Waals surface area contributed by atoms with E-state index in [1.165, 1.54) is 12.5 Å². The molecule has 0 radical (unpaired) electrons. The third-order valence-corrected chi connectivity index (χ3v) is 3.90. The predicted molar refractivity (Wildman–Crippen MR) is 79.1 cm³/mol. The number of carbonyl (C=O) groups excluding carboxylic acids is 1. The van der Waals surface area contributed by atoms with E-state index in [4.69, 9.17) is 5.73 Å². The average Bonchev–Trinajstić information content (AvgIpc) is 2.37. The van der Waals surface area contributed by atoms with Crippen molar-refractivity contribution in [2.24, 2.45) is 11.1 Å². The van der Waals surface area contributed by atoms with Gasteiger partial charge in [0.25, 0.3) is 11.6 Å². The summed E-state index contributed by atoms with van der Waals surface area (Å²) in [6, 6.07) is 1.37. The van der Waals surface area contributed by atoms with Crippen LogP contribution in [0.5, 0.6) is 0 Å². The maximum absolute atomic E-state index is 11.5. The van der Waals surface area contributed by atoms with Crippen LogP contribution in [0, 0.1) is 15.5 Å². The molecule has 1 heterocycles. The van der Waals surface area contributed by atoms with Crippen LogP contribution in [0.3, 0.4) is 0 Å². The standard InChI is InChI=1S/C14H20N4O3/c1-14(2)5-3-4-9(7-14)17-13-11(12(15)19)6-10(8-16-13)18(20)21/h6,8-9H,3-5,7H2,1-2H3,(H2,15,19)(H,16,17). The van der Waals surface area contributed by atoms with E-state index in [1.807, 2.05) is 0 Å². The number of nitrogens with two attached hydrogens (primary N) is 1. The summed E-state index contributed by atoms with van der Waals surface area (Å²) in [4.78, 5) is 25.7. The third-order valence-electron chi connectivity index (χ3n) is 3.90. The number of nitrogens with zero attached hydrogens (tertiary/aromatic N) is 2. The molecule has 0 aromatic carbocycles. The molecule has 0 spiro atoms. The van der Waals surface area contributed by atoms with Crippen LogP contribution < -0.4 is 11.1 Å². The minimum absolute atomic E-state index is 0.0626. The molecule has 0 bridgehead atoms. The molecule has 0 aliphatic heterocycles. The van der Waals surface area contributed by atoms with Gasteiger partial charge in [-0.25, -0.2) is 4.98 Å². The second kappa shape index (κ2) is 5.67. The molecule has 1 aliphatic rings. The van der Waals surface area contributed by atoms with Crippen molar-refractivity contribution in [3.63, 3.8) is 0 Å². The normalized spacial score (nSPS) is 20.8. The number of nitrogens with one attached hydrogen (secondary N) is 1. The summed E-state index contributed by atoms with van der Waals surface area (Å²) in [5, 5.41) is 14.0. The minimum atomic E-state index is -0.719. The largest absolute Gasteiger partial charge is 0.367 e. The molecular formula is C14H20N4O3. The van der Waals surface area contributed by atoms with Gasteiger partial charge in [-0.3, -0.25) is 14.9 Å². The molecular weight excluding hydrogens is 272 g/mol. The Balaban J connectivity index is 2.23. The zero-order valence-corrected chi connectivity index (χ0v) is 12.3. The first-order valence-corrected chi connectivity index (χ1v) is 6.99. The summed E-state index contributed by atoms with van der Waals surface area (Å²) >= 11 is 0. The van der Waals surface area contributed by atoms with Crippen molar-refractivity contribution in [2.75, 3.05) is 5.32 Å². The Morgan fingerprint density at radius 2 is 2.29 bits per heavy atom. The number of amides is 1. The Morgan fingerprint density at radius 3 is 2.86 bits per heavy atom. The van der Waals surface area contributed by atoms with Gasteiger partial charge in [0.2, 0.25) is 0 Å². The molecule has 21 heavy (non-hydrogen) atoms. The quantitative estimate of drug-likeness (QED) is 0.654. The molecule has 1 aromatic rings. The van der Waals surface area contributed by atoms with Gasteiger partial charge >= 0.3 is 0 Å². The Bertz CT molecular complexity index is 571. The van der Waals surface area contributed by atoms with E-state index in [0.717, 1.165) is 25.5 Å². The second-order valence-electron chi connectivity index (χ2n) is 6.31. The van der Waals surface area contributed by atoms with E-state index in [-0.39, 0.29) is 22.7 Å². The van der Waals surface area contributed by atoms with E-state index in [9.17, 15) is 14.9 Å². The van der Waals surface area contributed by atoms with Gasteiger partial charge in [-0.1, -0.05) is 20.3 Å². The maximum Gasteiger partial charge on any atom is 0.288 e. The second-order valence-corrected chi connectivity index (χ2v) is 6.31. The molecule has 7 nitrogen and oxygen atoms in total. The molecule has 1 aliphatic carbocycles. The number of carbonyl (C=O) groups is 1. The Kier molecular flexibility index (Phi) is 4.11. The fraction of sp³-hybridized carbons (Fsp3) is 0.571. The molecule has 1 atom stereocenters. The van der Waals surface area contributed by atoms with Crippen molar-refractivity contribution in [3.8, 4) is 0 Å². The molecule has 7 heteroatoms. The molecule has 114 valence electrons. The van der Waals surface area contributed by atoms with Gasteiger partial charge in [0.05, 0.1) is 10.5 Å². The number of nitro groups is 1. The van der Waals surface area contributed by atoms with Crippen LogP contribution in [0.15, 0.2) is 12.3 Å². The highest BCUT2D eigenvalue weighted by molar-refractivity contribution is 5.98. The third kappa shape index (κ3) is 3.68. The summed E-state index contributed by atoms with van der Waals surface area (Å²) in [5.41, 5.74) is 5.37. The first kappa shape index (κ1) is 15.2. The van der Waals surface area contributed by atoms with Crippen molar-refractivity contribution in [2.45, 2.75) is 45.6 Å². The number of anilines is 1. The van der Waals surface area contributed by atoms with Crippen LogP contribution in [-0.2, 0) is 0 Å². The molecule has 0 saturated heterocycles. The van der Waals surface area contributed by atoms with Crippen molar-refractivity contribution < 1.29 is 9.72 Å². The number of hydrogen-bond acceptors (Lipinski definition) is 5. The zero-order valence-electron chi connectivity index (χ0n) is 12.3. The number of aromatic nitrogens is 1. The van der Waals surface area contributed by atoms with E-state index in [2.05, 4.69) is 24.1 Å². The topological polar surface area (TPSA) is 111 Å². The van der Waals surface area contributed by atoms with Crippen LogP contribution in [-0.4, -0.2) is 21.9 Å². The average molecular weight is 292 g/mol. The smallest absolute Gasteiger partial charge is 0.288 e. The van der Waals surface area contributed by atoms with Gasteiger partial charge in [-0.2, -0.15) is 0 Å². The molecule has 1 fully saturated rings. The van der Waals surface area contributed by atoms with Crippen LogP contribution in [0.1, 0.15) is 49.9 Å². The van der Waals surface area contributed by atoms with Crippen LogP contribution in [0.4, 0.5) is 11.5 Å². The predicted octanol–water partition coefficient (Wildman–Crippen LogP) is 2.47. The highest BCUT2D eigenvalue weighted by Gasteiger charge is 2.29. The van der Waals surface area contributed by atoms with Gasteiger partial charge < -0.3 is 11.1 Å². The number of pyridine rings is 1. The van der Waals surface area contributed by atoms with E-state index < -0.39 is 10.8 Å². The highest BCUT2D eigenvalue weighted by atomic mass is 16.6. The maximum atomic E-state index is 11.5. The molecule has 1 aromatic heterocycles. The highest BCUT2D eigenvalue weighted by Crippen LogP contribution is 2.36. The summed E-state index contributed by atoms with van der Waals surface area (Å²) in [7, 11) is 0. The van der Waals surface area contributed by atoms with Crippen molar-refractivity contribution in [1.82, 2.24) is 4.98 Å². The lowest BCUT2D eigenvalue weighted by molar-refractivity contribution is -0.385. The van der Waals surface area contributed by atoms with Crippen molar-refractivity contribution in [3.05, 3.63) is 27.9 Å². The fourth-order valence-corrected chi connectivity index (χ4v) is 2.87. The zero-order chi connectivity index (χ0) is 15.6. The Morgan fingerprint density at radius 1 is 1.57 bits per heavy atom. The molecule has 1 saturated carbocycles. The Labute approximate surface area is 123 Å². The molecule has 1 amide bonds. The van der Waals surface area contributed by atoms with E-state index in [0.29, 0.717) is 5.82 Å². The summed E-state index contributed by atoms with van der Waals surface area (Å²) < 4.78 is 0. The van der Waals surface area contributed by atoms with Gasteiger partial charge in [0.1, 0.15) is 12.0 Å². The van der Waals surface area contributed by atoms with E-state index >= 15 is 0 Å². The van der Waals surface area contributed by atoms with Crippen molar-refractivity contribution >= 4 is 17.4 Å². The monoisotopic (exact) mass is 292 g/mol. The first-order chi connectivity index (χ1) is 9.78. The lowest BCUT2D eigenvalue weighted by atomic mass is 9.75.